The molecule has 9 heteroatoms. The molecule has 0 amide bonds. The second-order valence-corrected chi connectivity index (χ2v) is 7.30. The lowest BCUT2D eigenvalue weighted by Crippen LogP contribution is -2.37. The average Bonchev–Trinajstić information content (AvgIpc) is 3.03. The van der Waals surface area contributed by atoms with E-state index in [4.69, 9.17) is 10.5 Å². The second-order valence-electron chi connectivity index (χ2n) is 5.24. The van der Waals surface area contributed by atoms with Gasteiger partial charge in [0.15, 0.2) is 5.16 Å². The van der Waals surface area contributed by atoms with Gasteiger partial charge in [-0.2, -0.15) is 15.0 Å². The van der Waals surface area contributed by atoms with Crippen LogP contribution in [0.4, 0.5) is 11.9 Å². The maximum absolute atomic E-state index is 5.85. The van der Waals surface area contributed by atoms with E-state index in [0.29, 0.717) is 30.1 Å². The number of thiazole rings is 1. The summed E-state index contributed by atoms with van der Waals surface area (Å²) in [6, 6.07) is 8.13. The van der Waals surface area contributed by atoms with Crippen LogP contribution in [0.15, 0.2) is 29.4 Å². The van der Waals surface area contributed by atoms with Crippen LogP contribution in [-0.2, 0) is 10.5 Å². The molecule has 7 nitrogen and oxygen atoms in total. The molecular weight excluding hydrogens is 344 g/mol. The molecule has 0 saturated carbocycles. The molecule has 1 aromatic carbocycles. The molecule has 2 N–H and O–H groups in total. The van der Waals surface area contributed by atoms with E-state index in [-0.39, 0.29) is 5.95 Å². The van der Waals surface area contributed by atoms with Gasteiger partial charge in [0.1, 0.15) is 5.01 Å². The number of hydrogen-bond donors (Lipinski definition) is 1. The molecule has 3 aromatic rings. The summed E-state index contributed by atoms with van der Waals surface area (Å²) in [5.74, 6) is 1.58. The van der Waals surface area contributed by atoms with Crippen LogP contribution in [0.5, 0.6) is 0 Å². The Balaban J connectivity index is 1.50. The standard InChI is InChI=1S/C15H16N6OS2/c16-13-18-14(21-5-7-22-8-6-21)20-15(19-13)23-9-12-17-10-3-1-2-4-11(10)24-12/h1-4H,5-9H2,(H2,16,18,19,20). The Bertz CT molecular complexity index is 816. The van der Waals surface area contributed by atoms with Crippen molar-refractivity contribution >= 4 is 45.2 Å². The van der Waals surface area contributed by atoms with E-state index in [2.05, 4.69) is 30.9 Å². The van der Waals surface area contributed by atoms with E-state index in [1.54, 1.807) is 11.3 Å². The fourth-order valence-corrected chi connectivity index (χ4v) is 4.23. The number of fused-ring (bicyclic) bond motifs is 1. The van der Waals surface area contributed by atoms with Crippen molar-refractivity contribution in [2.24, 2.45) is 0 Å². The van der Waals surface area contributed by atoms with Gasteiger partial charge >= 0.3 is 0 Å². The van der Waals surface area contributed by atoms with E-state index < -0.39 is 0 Å². The van der Waals surface area contributed by atoms with Crippen LogP contribution < -0.4 is 10.6 Å². The van der Waals surface area contributed by atoms with Crippen molar-refractivity contribution in [3.8, 4) is 0 Å². The Kier molecular flexibility index (Phi) is 4.46. The molecule has 0 atom stereocenters. The topological polar surface area (TPSA) is 90.0 Å². The molecule has 1 fully saturated rings. The lowest BCUT2D eigenvalue weighted by Gasteiger charge is -2.26. The Morgan fingerprint density at radius 3 is 2.79 bits per heavy atom. The predicted molar refractivity (Wildman–Crippen MR) is 96.5 cm³/mol. The molecule has 0 spiro atoms. The minimum Gasteiger partial charge on any atom is -0.378 e. The van der Waals surface area contributed by atoms with Gasteiger partial charge in [0.25, 0.3) is 0 Å². The number of hydrogen-bond acceptors (Lipinski definition) is 9. The number of nitrogens with zero attached hydrogens (tertiary/aromatic N) is 5. The summed E-state index contributed by atoms with van der Waals surface area (Å²) in [6.45, 7) is 2.90. The van der Waals surface area contributed by atoms with Gasteiger partial charge in [-0.05, 0) is 12.1 Å². The van der Waals surface area contributed by atoms with Crippen LogP contribution in [0.2, 0.25) is 0 Å². The fourth-order valence-electron chi connectivity index (χ4n) is 2.44. The first-order valence-electron chi connectivity index (χ1n) is 7.59. The van der Waals surface area contributed by atoms with Gasteiger partial charge in [-0.1, -0.05) is 23.9 Å². The van der Waals surface area contributed by atoms with Crippen molar-refractivity contribution < 1.29 is 4.74 Å². The summed E-state index contributed by atoms with van der Waals surface area (Å²) >= 11 is 3.22. The largest absolute Gasteiger partial charge is 0.378 e. The van der Waals surface area contributed by atoms with Gasteiger partial charge in [0.05, 0.1) is 29.2 Å². The number of para-hydroxylation sites is 1. The summed E-state index contributed by atoms with van der Waals surface area (Å²) in [7, 11) is 0. The molecule has 0 unspecified atom stereocenters. The summed E-state index contributed by atoms with van der Waals surface area (Å²) in [5, 5.41) is 1.68. The molecule has 1 aliphatic heterocycles. The van der Waals surface area contributed by atoms with Crippen LogP contribution in [0.3, 0.4) is 0 Å². The molecule has 1 aliphatic rings. The van der Waals surface area contributed by atoms with Crippen LogP contribution in [0, 0.1) is 0 Å². The Labute approximate surface area is 147 Å². The van der Waals surface area contributed by atoms with Crippen molar-refractivity contribution in [1.82, 2.24) is 19.9 Å². The van der Waals surface area contributed by atoms with Crippen LogP contribution in [0.1, 0.15) is 5.01 Å². The number of anilines is 2. The minimum atomic E-state index is 0.248. The number of nitrogens with two attached hydrogens (primary N) is 1. The number of rotatable bonds is 4. The van der Waals surface area contributed by atoms with E-state index in [1.165, 1.54) is 16.5 Å². The van der Waals surface area contributed by atoms with E-state index in [0.717, 1.165) is 23.6 Å². The van der Waals surface area contributed by atoms with Crippen molar-refractivity contribution in [3.05, 3.63) is 29.3 Å². The fraction of sp³-hybridized carbons (Fsp3) is 0.333. The lowest BCUT2D eigenvalue weighted by atomic mass is 10.3. The van der Waals surface area contributed by atoms with Crippen LogP contribution >= 0.6 is 23.1 Å². The Hall–Kier alpha value is -1.97. The number of ether oxygens (including phenoxy) is 1. The van der Waals surface area contributed by atoms with Crippen molar-refractivity contribution in [3.63, 3.8) is 0 Å². The molecular formula is C15H16N6OS2. The van der Waals surface area contributed by atoms with Gasteiger partial charge in [-0.15, -0.1) is 11.3 Å². The van der Waals surface area contributed by atoms with Gasteiger partial charge in [0, 0.05) is 13.1 Å². The molecule has 0 aliphatic carbocycles. The SMILES string of the molecule is Nc1nc(SCc2nc3ccccc3s2)nc(N2CCOCC2)n1. The van der Waals surface area contributed by atoms with E-state index in [1.807, 2.05) is 18.2 Å². The molecule has 4 rings (SSSR count). The van der Waals surface area contributed by atoms with Gasteiger partial charge < -0.3 is 15.4 Å². The first-order valence-corrected chi connectivity index (χ1v) is 9.39. The molecule has 3 heterocycles. The summed E-state index contributed by atoms with van der Waals surface area (Å²) in [5.41, 5.74) is 6.88. The highest BCUT2D eigenvalue weighted by Crippen LogP contribution is 2.27. The van der Waals surface area contributed by atoms with Crippen LogP contribution in [-0.4, -0.2) is 46.2 Å². The molecule has 0 bridgehead atoms. The predicted octanol–water partition coefficient (Wildman–Crippen LogP) is 2.19. The third kappa shape index (κ3) is 3.42. The Morgan fingerprint density at radius 1 is 1.12 bits per heavy atom. The zero-order chi connectivity index (χ0) is 16.4. The number of nitrogen functional groups attached to an aromatic ring is 1. The lowest BCUT2D eigenvalue weighted by molar-refractivity contribution is 0.122. The summed E-state index contributed by atoms with van der Waals surface area (Å²) in [4.78, 5) is 19.7. The number of aromatic nitrogens is 4. The summed E-state index contributed by atoms with van der Waals surface area (Å²) < 4.78 is 6.55. The molecule has 0 radical (unpaired) electrons. The molecule has 2 aromatic heterocycles. The maximum atomic E-state index is 5.85. The van der Waals surface area contributed by atoms with E-state index in [9.17, 15) is 0 Å². The normalized spacial score (nSPS) is 15.1. The highest BCUT2D eigenvalue weighted by molar-refractivity contribution is 7.98. The van der Waals surface area contributed by atoms with E-state index >= 15 is 0 Å². The minimum absolute atomic E-state index is 0.248. The summed E-state index contributed by atoms with van der Waals surface area (Å²) in [6.07, 6.45) is 0. The number of benzene rings is 1. The zero-order valence-electron chi connectivity index (χ0n) is 12.9. The first-order chi connectivity index (χ1) is 11.8. The third-order valence-corrected chi connectivity index (χ3v) is 5.65. The first kappa shape index (κ1) is 15.6. The monoisotopic (exact) mass is 360 g/mol. The zero-order valence-corrected chi connectivity index (χ0v) is 14.5. The number of thioether (sulfide) groups is 1. The quantitative estimate of drug-likeness (QED) is 0.708. The van der Waals surface area contributed by atoms with Crippen LogP contribution in [0.25, 0.3) is 10.2 Å². The highest BCUT2D eigenvalue weighted by Gasteiger charge is 2.16. The maximum Gasteiger partial charge on any atom is 0.231 e. The third-order valence-electron chi connectivity index (χ3n) is 3.58. The van der Waals surface area contributed by atoms with Crippen molar-refractivity contribution in [2.75, 3.05) is 36.9 Å². The van der Waals surface area contributed by atoms with Gasteiger partial charge in [-0.25, -0.2) is 4.98 Å². The second kappa shape index (κ2) is 6.88. The van der Waals surface area contributed by atoms with Crippen molar-refractivity contribution in [1.29, 1.82) is 0 Å². The Morgan fingerprint density at radius 2 is 1.96 bits per heavy atom. The van der Waals surface area contributed by atoms with Gasteiger partial charge in [-0.3, -0.25) is 0 Å². The van der Waals surface area contributed by atoms with Gasteiger partial charge in [0.2, 0.25) is 11.9 Å². The molecule has 124 valence electrons. The average molecular weight is 360 g/mol. The molecule has 24 heavy (non-hydrogen) atoms. The number of morpholine rings is 1. The molecule has 1 saturated heterocycles. The van der Waals surface area contributed by atoms with Crippen molar-refractivity contribution in [2.45, 2.75) is 10.9 Å². The highest BCUT2D eigenvalue weighted by atomic mass is 32.2. The smallest absolute Gasteiger partial charge is 0.231 e.